The van der Waals surface area contributed by atoms with Crippen LogP contribution in [0.2, 0.25) is 0 Å². The summed E-state index contributed by atoms with van der Waals surface area (Å²) in [6.07, 6.45) is 0. The van der Waals surface area contributed by atoms with Crippen molar-refractivity contribution in [2.45, 2.75) is 0 Å². The molecule has 0 amide bonds. The number of nitrogens with zero attached hydrogens (tertiary/aromatic N) is 3. The van der Waals surface area contributed by atoms with Crippen LogP contribution in [0.1, 0.15) is 0 Å². The van der Waals surface area contributed by atoms with E-state index >= 15 is 0 Å². The number of H-pyrrole nitrogens is 3. The van der Waals surface area contributed by atoms with E-state index in [1.807, 2.05) is 0 Å². The zero-order valence-electron chi connectivity index (χ0n) is 18.0. The number of rotatable bonds is 3. The lowest BCUT2D eigenvalue weighted by Gasteiger charge is -2.02. The number of non-ortho nitro benzene ring substituents is 3. The third-order valence-corrected chi connectivity index (χ3v) is 6.75. The van der Waals surface area contributed by atoms with Crippen LogP contribution in [0.5, 0.6) is 0 Å². The highest BCUT2D eigenvalue weighted by molar-refractivity contribution is 6.41. The van der Waals surface area contributed by atoms with Crippen LogP contribution >= 0.6 is 0 Å². The molecule has 7 rings (SSSR count). The minimum absolute atomic E-state index is 0.130. The molecule has 0 unspecified atom stereocenters. The maximum atomic E-state index is 12.0. The van der Waals surface area contributed by atoms with Crippen LogP contribution in [-0.4, -0.2) is 29.7 Å². The van der Waals surface area contributed by atoms with Gasteiger partial charge in [-0.15, -0.1) is 0 Å². The Balaban J connectivity index is 1.92. The van der Waals surface area contributed by atoms with Gasteiger partial charge in [-0.3, -0.25) is 30.3 Å². The Hall–Kier alpha value is -5.52. The van der Waals surface area contributed by atoms with Crippen LogP contribution in [-0.2, 0) is 0 Å². The normalized spacial score (nSPS) is 12.0. The Kier molecular flexibility index (Phi) is 3.61. The summed E-state index contributed by atoms with van der Waals surface area (Å²) >= 11 is 0. The van der Waals surface area contributed by atoms with Crippen molar-refractivity contribution in [3.05, 3.63) is 84.9 Å². The number of benzene rings is 4. The molecule has 12 nitrogen and oxygen atoms in total. The van der Waals surface area contributed by atoms with Crippen LogP contribution in [0.4, 0.5) is 17.1 Å². The predicted octanol–water partition coefficient (Wildman–Crippen LogP) is 6.31. The molecule has 0 fully saturated rings. The summed E-state index contributed by atoms with van der Waals surface area (Å²) < 4.78 is 0. The number of fused-ring (bicyclic) bond motifs is 12. The largest absolute Gasteiger partial charge is 0.354 e. The molecule has 0 atom stereocenters. The second-order valence-corrected chi connectivity index (χ2v) is 8.50. The maximum Gasteiger partial charge on any atom is 0.279 e. The number of aromatic nitrogens is 3. The Labute approximate surface area is 197 Å². The molecule has 36 heavy (non-hydrogen) atoms. The first-order valence-electron chi connectivity index (χ1n) is 10.7. The Morgan fingerprint density at radius 3 is 1.19 bits per heavy atom. The average molecular weight is 480 g/mol. The van der Waals surface area contributed by atoms with Crippen molar-refractivity contribution in [3.63, 3.8) is 0 Å². The smallest absolute Gasteiger partial charge is 0.279 e. The van der Waals surface area contributed by atoms with Crippen LogP contribution in [0.25, 0.3) is 65.4 Å². The van der Waals surface area contributed by atoms with E-state index in [1.54, 1.807) is 36.4 Å². The maximum absolute atomic E-state index is 12.0. The van der Waals surface area contributed by atoms with Crippen molar-refractivity contribution in [1.82, 2.24) is 15.0 Å². The second kappa shape index (κ2) is 6.54. The number of nitrogens with one attached hydrogen (secondary N) is 3. The van der Waals surface area contributed by atoms with E-state index in [0.29, 0.717) is 60.0 Å². The van der Waals surface area contributed by atoms with Crippen molar-refractivity contribution in [2.75, 3.05) is 0 Å². The lowest BCUT2D eigenvalue weighted by Crippen LogP contribution is -1.90. The molecule has 0 aliphatic heterocycles. The molecule has 0 aliphatic rings. The highest BCUT2D eigenvalue weighted by Gasteiger charge is 2.29. The van der Waals surface area contributed by atoms with Crippen molar-refractivity contribution in [1.29, 1.82) is 0 Å². The monoisotopic (exact) mass is 480 g/mol. The molecule has 0 aliphatic carbocycles. The summed E-state index contributed by atoms with van der Waals surface area (Å²) in [5.41, 5.74) is 2.32. The van der Waals surface area contributed by atoms with Gasteiger partial charge in [0.25, 0.3) is 17.1 Å². The fourth-order valence-corrected chi connectivity index (χ4v) is 5.46. The molecule has 3 aromatic heterocycles. The molecule has 0 bridgehead atoms. The highest BCUT2D eigenvalue weighted by Crippen LogP contribution is 2.48. The van der Waals surface area contributed by atoms with Crippen molar-refractivity contribution in [3.8, 4) is 0 Å². The molecule has 3 heterocycles. The number of hydrogen-bond donors (Lipinski definition) is 3. The van der Waals surface area contributed by atoms with Crippen LogP contribution in [0.3, 0.4) is 0 Å². The first-order valence-corrected chi connectivity index (χ1v) is 10.7. The molecule has 3 N–H and O–H groups in total. The third kappa shape index (κ3) is 2.31. The standard InChI is InChI=1S/C24H12N6O6/c31-28(32)13-7-1-4-10-16(13)19-20-17-11(5-2-8-14(17)29(33)34)26-23(20)24-21(22(19)25-10)18-12(27-24)6-3-9-15(18)30(35)36/h1-9,25-27H. The second-order valence-electron chi connectivity index (χ2n) is 8.50. The van der Waals surface area contributed by atoms with Gasteiger partial charge in [-0.1, -0.05) is 18.2 Å². The Morgan fingerprint density at radius 1 is 0.444 bits per heavy atom. The fourth-order valence-electron chi connectivity index (χ4n) is 5.46. The van der Waals surface area contributed by atoms with Gasteiger partial charge in [-0.05, 0) is 18.2 Å². The van der Waals surface area contributed by atoms with Crippen molar-refractivity contribution >= 4 is 82.5 Å². The molecule has 12 heteroatoms. The quantitative estimate of drug-likeness (QED) is 0.197. The number of hydrogen-bond acceptors (Lipinski definition) is 6. The van der Waals surface area contributed by atoms with Gasteiger partial charge in [0.2, 0.25) is 0 Å². The zero-order chi connectivity index (χ0) is 24.9. The summed E-state index contributed by atoms with van der Waals surface area (Å²) in [7, 11) is 0. The first kappa shape index (κ1) is 19.9. The van der Waals surface area contributed by atoms with Gasteiger partial charge in [-0.25, -0.2) is 0 Å². The van der Waals surface area contributed by atoms with Crippen LogP contribution < -0.4 is 0 Å². The predicted molar refractivity (Wildman–Crippen MR) is 134 cm³/mol. The molecule has 4 aromatic carbocycles. The fraction of sp³-hybridized carbons (Fsp3) is 0. The first-order chi connectivity index (χ1) is 17.4. The van der Waals surface area contributed by atoms with Crippen molar-refractivity contribution < 1.29 is 14.8 Å². The van der Waals surface area contributed by atoms with E-state index in [2.05, 4.69) is 15.0 Å². The van der Waals surface area contributed by atoms with Gasteiger partial charge in [0.1, 0.15) is 0 Å². The lowest BCUT2D eigenvalue weighted by molar-refractivity contribution is -0.383. The van der Waals surface area contributed by atoms with E-state index < -0.39 is 14.8 Å². The third-order valence-electron chi connectivity index (χ3n) is 6.75. The summed E-state index contributed by atoms with van der Waals surface area (Å²) in [6.45, 7) is 0. The van der Waals surface area contributed by atoms with Crippen LogP contribution in [0.15, 0.2) is 54.6 Å². The Bertz CT molecular complexity index is 2150. The van der Waals surface area contributed by atoms with E-state index in [9.17, 15) is 30.3 Å². The zero-order valence-corrected chi connectivity index (χ0v) is 18.0. The van der Waals surface area contributed by atoms with Gasteiger partial charge in [0, 0.05) is 34.4 Å². The summed E-state index contributed by atoms with van der Waals surface area (Å²) in [5.74, 6) is 0. The molecule has 0 saturated carbocycles. The minimum Gasteiger partial charge on any atom is -0.354 e. The molecular weight excluding hydrogens is 468 g/mol. The average Bonchev–Trinajstić information content (AvgIpc) is 3.53. The minimum atomic E-state index is -0.507. The highest BCUT2D eigenvalue weighted by atomic mass is 16.6. The molecular formula is C24H12N6O6. The molecule has 0 saturated heterocycles. The Morgan fingerprint density at radius 2 is 0.778 bits per heavy atom. The number of nitro benzene ring substituents is 3. The molecule has 0 spiro atoms. The summed E-state index contributed by atoms with van der Waals surface area (Å²) in [5, 5.41) is 38.1. The van der Waals surface area contributed by atoms with E-state index in [0.717, 1.165) is 0 Å². The van der Waals surface area contributed by atoms with Gasteiger partial charge in [0.05, 0.1) is 64.0 Å². The van der Waals surface area contributed by atoms with E-state index in [-0.39, 0.29) is 22.4 Å². The SMILES string of the molecule is O=[N+]([O-])c1cccc2[nH]c3c4[nH]c5cccc([N+](=O)[O-])c5c4c4c([nH]c5cccc([N+](=O)[O-])c54)c3c12. The van der Waals surface area contributed by atoms with Gasteiger partial charge in [-0.2, -0.15) is 0 Å². The van der Waals surface area contributed by atoms with E-state index in [4.69, 9.17) is 0 Å². The number of aromatic amines is 3. The molecule has 0 radical (unpaired) electrons. The van der Waals surface area contributed by atoms with Crippen molar-refractivity contribution in [2.24, 2.45) is 0 Å². The van der Waals surface area contributed by atoms with Crippen LogP contribution in [0, 0.1) is 30.3 Å². The molecule has 174 valence electrons. The van der Waals surface area contributed by atoms with Gasteiger partial charge < -0.3 is 15.0 Å². The number of nitro groups is 3. The molecule has 7 aromatic rings. The summed E-state index contributed by atoms with van der Waals surface area (Å²) in [6, 6.07) is 13.9. The summed E-state index contributed by atoms with van der Waals surface area (Å²) in [4.78, 5) is 44.2. The lowest BCUT2D eigenvalue weighted by atomic mass is 9.99. The van der Waals surface area contributed by atoms with Gasteiger partial charge >= 0.3 is 0 Å². The topological polar surface area (TPSA) is 177 Å². The van der Waals surface area contributed by atoms with Gasteiger partial charge in [0.15, 0.2) is 0 Å². The van der Waals surface area contributed by atoms with E-state index in [1.165, 1.54) is 18.2 Å².